The molecule has 19 heavy (non-hydrogen) atoms. The van der Waals surface area contributed by atoms with E-state index in [0.29, 0.717) is 11.6 Å². The quantitative estimate of drug-likeness (QED) is 0.822. The van der Waals surface area contributed by atoms with Crippen LogP contribution >= 0.6 is 0 Å². The largest absolute Gasteiger partial charge is 0.478 e. The summed E-state index contributed by atoms with van der Waals surface area (Å²) in [5.74, 6) is -1.29. The maximum absolute atomic E-state index is 13.4. The van der Waals surface area contributed by atoms with Gasteiger partial charge >= 0.3 is 5.97 Å². The van der Waals surface area contributed by atoms with Crippen molar-refractivity contribution in [3.8, 4) is 0 Å². The number of anilines is 2. The Balaban J connectivity index is 2.27. The van der Waals surface area contributed by atoms with Gasteiger partial charge in [-0.1, -0.05) is 12.8 Å². The summed E-state index contributed by atoms with van der Waals surface area (Å²) in [6.45, 7) is 0.783. The molecule has 0 heterocycles. The third-order valence-corrected chi connectivity index (χ3v) is 3.80. The highest BCUT2D eigenvalue weighted by Crippen LogP contribution is 2.31. The van der Waals surface area contributed by atoms with E-state index in [9.17, 15) is 14.3 Å². The fraction of sp³-hybridized carbons (Fsp3) is 0.500. The molecule has 1 fully saturated rings. The van der Waals surface area contributed by atoms with Crippen LogP contribution in [0.4, 0.5) is 15.8 Å². The van der Waals surface area contributed by atoms with E-state index in [-0.39, 0.29) is 11.3 Å². The molecular weight excluding hydrogens is 247 g/mol. The average Bonchev–Trinajstić information content (AvgIpc) is 2.84. The molecule has 3 N–H and O–H groups in total. The number of nitrogen functional groups attached to an aromatic ring is 1. The summed E-state index contributed by atoms with van der Waals surface area (Å²) in [5.41, 5.74) is 5.61. The van der Waals surface area contributed by atoms with E-state index in [4.69, 9.17) is 5.73 Å². The number of carboxylic acid groups (broad SMARTS) is 1. The van der Waals surface area contributed by atoms with Crippen molar-refractivity contribution in [3.63, 3.8) is 0 Å². The van der Waals surface area contributed by atoms with Crippen LogP contribution in [-0.4, -0.2) is 24.7 Å². The molecule has 0 saturated heterocycles. The molecule has 0 radical (unpaired) electrons. The van der Waals surface area contributed by atoms with Gasteiger partial charge in [-0.15, -0.1) is 0 Å². The van der Waals surface area contributed by atoms with E-state index in [0.717, 1.165) is 6.54 Å². The van der Waals surface area contributed by atoms with Crippen molar-refractivity contribution in [3.05, 3.63) is 23.5 Å². The SMILES string of the molecule is CN(CC1CCCC1)c1ccc(F)c(N)c1C(=O)O. The Labute approximate surface area is 112 Å². The molecule has 0 atom stereocenters. The molecule has 1 saturated carbocycles. The number of carboxylic acids is 1. The van der Waals surface area contributed by atoms with Crippen LogP contribution in [-0.2, 0) is 0 Å². The Hall–Kier alpha value is -1.78. The van der Waals surface area contributed by atoms with Crippen LogP contribution in [0.3, 0.4) is 0 Å². The highest BCUT2D eigenvalue weighted by Gasteiger charge is 2.22. The Morgan fingerprint density at radius 2 is 2.11 bits per heavy atom. The van der Waals surface area contributed by atoms with Gasteiger partial charge in [0.2, 0.25) is 0 Å². The van der Waals surface area contributed by atoms with E-state index in [1.165, 1.54) is 37.8 Å². The predicted octanol–water partition coefficient (Wildman–Crippen LogP) is 2.73. The molecule has 1 aromatic carbocycles. The minimum absolute atomic E-state index is 0.138. The number of halogens is 1. The molecule has 104 valence electrons. The molecule has 0 aromatic heterocycles. The normalized spacial score (nSPS) is 15.7. The lowest BCUT2D eigenvalue weighted by molar-refractivity contribution is 0.0698. The minimum atomic E-state index is -1.19. The van der Waals surface area contributed by atoms with E-state index in [1.807, 2.05) is 11.9 Å². The molecule has 1 aliphatic rings. The molecule has 5 heteroatoms. The van der Waals surface area contributed by atoms with Crippen LogP contribution in [0.15, 0.2) is 12.1 Å². The van der Waals surface area contributed by atoms with Crippen LogP contribution in [0, 0.1) is 11.7 Å². The highest BCUT2D eigenvalue weighted by molar-refractivity contribution is 6.00. The number of rotatable bonds is 4. The smallest absolute Gasteiger partial charge is 0.340 e. The summed E-state index contributed by atoms with van der Waals surface area (Å²) in [4.78, 5) is 13.1. The number of benzene rings is 1. The zero-order valence-electron chi connectivity index (χ0n) is 11.0. The highest BCUT2D eigenvalue weighted by atomic mass is 19.1. The summed E-state index contributed by atoms with van der Waals surface area (Å²) in [7, 11) is 1.83. The Morgan fingerprint density at radius 3 is 2.68 bits per heavy atom. The fourth-order valence-corrected chi connectivity index (χ4v) is 2.80. The van der Waals surface area contributed by atoms with Gasteiger partial charge in [0.25, 0.3) is 0 Å². The van der Waals surface area contributed by atoms with Crippen molar-refractivity contribution in [2.24, 2.45) is 5.92 Å². The minimum Gasteiger partial charge on any atom is -0.478 e. The lowest BCUT2D eigenvalue weighted by Crippen LogP contribution is -2.26. The molecule has 0 amide bonds. The third-order valence-electron chi connectivity index (χ3n) is 3.80. The lowest BCUT2D eigenvalue weighted by atomic mass is 10.1. The Bertz CT molecular complexity index is 485. The monoisotopic (exact) mass is 266 g/mol. The second kappa shape index (κ2) is 5.47. The number of hydrogen-bond acceptors (Lipinski definition) is 3. The zero-order chi connectivity index (χ0) is 14.0. The van der Waals surface area contributed by atoms with Crippen LogP contribution in [0.1, 0.15) is 36.0 Å². The molecule has 4 nitrogen and oxygen atoms in total. The summed E-state index contributed by atoms with van der Waals surface area (Å²) >= 11 is 0. The molecule has 0 spiro atoms. The molecule has 0 bridgehead atoms. The van der Waals surface area contributed by atoms with Gasteiger partial charge < -0.3 is 15.7 Å². The first-order valence-corrected chi connectivity index (χ1v) is 6.53. The van der Waals surface area contributed by atoms with Crippen molar-refractivity contribution in [2.45, 2.75) is 25.7 Å². The lowest BCUT2D eigenvalue weighted by Gasteiger charge is -2.25. The molecule has 2 rings (SSSR count). The predicted molar refractivity (Wildman–Crippen MR) is 73.0 cm³/mol. The average molecular weight is 266 g/mol. The van der Waals surface area contributed by atoms with Crippen LogP contribution < -0.4 is 10.6 Å². The summed E-state index contributed by atoms with van der Waals surface area (Å²) < 4.78 is 13.4. The van der Waals surface area contributed by atoms with E-state index < -0.39 is 11.8 Å². The van der Waals surface area contributed by atoms with Gasteiger partial charge in [0.1, 0.15) is 11.4 Å². The molecular formula is C14H19FN2O2. The topological polar surface area (TPSA) is 66.6 Å². The summed E-state index contributed by atoms with van der Waals surface area (Å²) in [5, 5.41) is 9.21. The first kappa shape index (κ1) is 13.6. The van der Waals surface area contributed by atoms with Gasteiger partial charge in [-0.05, 0) is 30.9 Å². The van der Waals surface area contributed by atoms with E-state index >= 15 is 0 Å². The molecule has 1 aromatic rings. The second-order valence-electron chi connectivity index (χ2n) is 5.19. The third kappa shape index (κ3) is 2.80. The Morgan fingerprint density at radius 1 is 1.47 bits per heavy atom. The standard InChI is InChI=1S/C14H19FN2O2/c1-17(8-9-4-2-3-5-9)11-7-6-10(15)13(16)12(11)14(18)19/h6-7,9H,2-5,8,16H2,1H3,(H,18,19). The number of hydrogen-bond donors (Lipinski definition) is 2. The first-order chi connectivity index (χ1) is 9.00. The van der Waals surface area contributed by atoms with Crippen LogP contribution in [0.25, 0.3) is 0 Å². The molecule has 0 aliphatic heterocycles. The van der Waals surface area contributed by atoms with Gasteiger partial charge in [0.15, 0.2) is 0 Å². The van der Waals surface area contributed by atoms with Crippen LogP contribution in [0.5, 0.6) is 0 Å². The van der Waals surface area contributed by atoms with Gasteiger partial charge in [0.05, 0.1) is 11.4 Å². The van der Waals surface area contributed by atoms with Crippen molar-refractivity contribution in [1.82, 2.24) is 0 Å². The van der Waals surface area contributed by atoms with Gasteiger partial charge in [-0.3, -0.25) is 0 Å². The van der Waals surface area contributed by atoms with Crippen molar-refractivity contribution < 1.29 is 14.3 Å². The van der Waals surface area contributed by atoms with Crippen molar-refractivity contribution in [1.29, 1.82) is 0 Å². The number of nitrogens with two attached hydrogens (primary N) is 1. The second-order valence-corrected chi connectivity index (χ2v) is 5.19. The van der Waals surface area contributed by atoms with Crippen molar-refractivity contribution in [2.75, 3.05) is 24.2 Å². The number of nitrogens with zero attached hydrogens (tertiary/aromatic N) is 1. The maximum Gasteiger partial charge on any atom is 0.340 e. The fourth-order valence-electron chi connectivity index (χ4n) is 2.80. The Kier molecular flexibility index (Phi) is 3.93. The number of aromatic carboxylic acids is 1. The van der Waals surface area contributed by atoms with Gasteiger partial charge in [-0.25, -0.2) is 9.18 Å². The van der Waals surface area contributed by atoms with Gasteiger partial charge in [0, 0.05) is 13.6 Å². The van der Waals surface area contributed by atoms with Crippen LogP contribution in [0.2, 0.25) is 0 Å². The maximum atomic E-state index is 13.4. The zero-order valence-corrected chi connectivity index (χ0v) is 11.0. The number of carbonyl (C=O) groups is 1. The molecule has 1 aliphatic carbocycles. The van der Waals surface area contributed by atoms with Gasteiger partial charge in [-0.2, -0.15) is 0 Å². The van der Waals surface area contributed by atoms with Crippen molar-refractivity contribution >= 4 is 17.3 Å². The summed E-state index contributed by atoms with van der Waals surface area (Å²) in [6, 6.07) is 2.71. The van der Waals surface area contributed by atoms with E-state index in [2.05, 4.69) is 0 Å². The molecule has 0 unspecified atom stereocenters. The van der Waals surface area contributed by atoms with E-state index in [1.54, 1.807) is 0 Å². The summed E-state index contributed by atoms with van der Waals surface area (Å²) in [6.07, 6.45) is 4.80. The first-order valence-electron chi connectivity index (χ1n) is 6.53.